The number of rotatable bonds is 16. The lowest BCUT2D eigenvalue weighted by Gasteiger charge is -2.22. The Balaban J connectivity index is 2.24. The largest absolute Gasteiger partial charge is 0.299 e. The molecule has 0 aromatic heterocycles. The minimum atomic E-state index is 1.13. The van der Waals surface area contributed by atoms with Crippen LogP contribution in [-0.2, 0) is 6.54 Å². The second kappa shape index (κ2) is 15.7. The third-order valence-corrected chi connectivity index (χ3v) is 4.90. The SMILES string of the molecule is CCCCCCCCN(CCCCCCCC)Cc1ccccc1. The highest BCUT2D eigenvalue weighted by Crippen LogP contribution is 2.11. The molecule has 0 heterocycles. The van der Waals surface area contributed by atoms with E-state index in [1.807, 2.05) is 0 Å². The van der Waals surface area contributed by atoms with Crippen molar-refractivity contribution >= 4 is 0 Å². The second-order valence-electron chi connectivity index (χ2n) is 7.30. The molecule has 24 heavy (non-hydrogen) atoms. The Bertz CT molecular complexity index is 344. The molecule has 0 spiro atoms. The van der Waals surface area contributed by atoms with Crippen molar-refractivity contribution < 1.29 is 0 Å². The maximum Gasteiger partial charge on any atom is 0.0233 e. The van der Waals surface area contributed by atoms with Gasteiger partial charge in [0, 0.05) is 6.54 Å². The molecule has 0 saturated heterocycles. The average molecular weight is 332 g/mol. The lowest BCUT2D eigenvalue weighted by atomic mass is 10.1. The smallest absolute Gasteiger partial charge is 0.0233 e. The van der Waals surface area contributed by atoms with E-state index in [1.54, 1.807) is 0 Å². The van der Waals surface area contributed by atoms with Crippen molar-refractivity contribution in [2.75, 3.05) is 13.1 Å². The van der Waals surface area contributed by atoms with Gasteiger partial charge in [-0.2, -0.15) is 0 Å². The van der Waals surface area contributed by atoms with Crippen LogP contribution in [-0.4, -0.2) is 18.0 Å². The molecule has 0 saturated carbocycles. The quantitative estimate of drug-likeness (QED) is 0.289. The number of nitrogens with zero attached hydrogens (tertiary/aromatic N) is 1. The van der Waals surface area contributed by atoms with Gasteiger partial charge >= 0.3 is 0 Å². The predicted molar refractivity (Wildman–Crippen MR) is 108 cm³/mol. The summed E-state index contributed by atoms with van der Waals surface area (Å²) < 4.78 is 0. The maximum atomic E-state index is 2.69. The lowest BCUT2D eigenvalue weighted by molar-refractivity contribution is 0.252. The zero-order chi connectivity index (χ0) is 17.3. The fourth-order valence-corrected chi connectivity index (χ4v) is 3.34. The molecule has 0 bridgehead atoms. The highest BCUT2D eigenvalue weighted by Gasteiger charge is 2.06. The molecule has 1 nitrogen and oxygen atoms in total. The van der Waals surface area contributed by atoms with Crippen molar-refractivity contribution in [3.63, 3.8) is 0 Å². The van der Waals surface area contributed by atoms with Gasteiger partial charge in [-0.3, -0.25) is 4.90 Å². The zero-order valence-electron chi connectivity index (χ0n) is 16.4. The topological polar surface area (TPSA) is 3.24 Å². The van der Waals surface area contributed by atoms with Gasteiger partial charge in [0.2, 0.25) is 0 Å². The van der Waals surface area contributed by atoms with Crippen LogP contribution in [0.15, 0.2) is 30.3 Å². The molecule has 0 fully saturated rings. The van der Waals surface area contributed by atoms with Crippen molar-refractivity contribution in [1.29, 1.82) is 0 Å². The van der Waals surface area contributed by atoms with Crippen LogP contribution in [0.25, 0.3) is 0 Å². The molecule has 0 atom stereocenters. The van der Waals surface area contributed by atoms with E-state index in [2.05, 4.69) is 49.1 Å². The fraction of sp³-hybridized carbons (Fsp3) is 0.739. The van der Waals surface area contributed by atoms with Gasteiger partial charge in [0.15, 0.2) is 0 Å². The average Bonchev–Trinajstić information content (AvgIpc) is 2.61. The van der Waals surface area contributed by atoms with E-state index < -0.39 is 0 Å². The summed E-state index contributed by atoms with van der Waals surface area (Å²) in [5.74, 6) is 0. The van der Waals surface area contributed by atoms with Crippen LogP contribution in [0.5, 0.6) is 0 Å². The molecule has 0 amide bonds. The van der Waals surface area contributed by atoms with Crippen molar-refractivity contribution in [2.24, 2.45) is 0 Å². The molecule has 0 N–H and O–H groups in total. The Morgan fingerprint density at radius 1 is 0.583 bits per heavy atom. The van der Waals surface area contributed by atoms with Crippen LogP contribution in [0.4, 0.5) is 0 Å². The first-order chi connectivity index (χ1) is 11.9. The monoisotopic (exact) mass is 331 g/mol. The number of hydrogen-bond donors (Lipinski definition) is 0. The first kappa shape index (κ1) is 21.2. The lowest BCUT2D eigenvalue weighted by Crippen LogP contribution is -2.25. The van der Waals surface area contributed by atoms with Crippen LogP contribution in [0, 0.1) is 0 Å². The summed E-state index contributed by atoms with van der Waals surface area (Å²) in [5.41, 5.74) is 1.47. The molecule has 1 aromatic rings. The molecule has 0 aliphatic heterocycles. The third kappa shape index (κ3) is 11.7. The van der Waals surface area contributed by atoms with E-state index in [0.717, 1.165) is 6.54 Å². The summed E-state index contributed by atoms with van der Waals surface area (Å²) >= 11 is 0. The van der Waals surface area contributed by atoms with Crippen molar-refractivity contribution in [1.82, 2.24) is 4.90 Å². The number of benzene rings is 1. The van der Waals surface area contributed by atoms with Gasteiger partial charge in [-0.1, -0.05) is 108 Å². The molecule has 0 unspecified atom stereocenters. The summed E-state index contributed by atoms with van der Waals surface area (Å²) in [7, 11) is 0. The van der Waals surface area contributed by atoms with Crippen LogP contribution < -0.4 is 0 Å². The van der Waals surface area contributed by atoms with Gasteiger partial charge in [-0.05, 0) is 31.5 Å². The van der Waals surface area contributed by atoms with E-state index in [-0.39, 0.29) is 0 Å². The van der Waals surface area contributed by atoms with E-state index in [1.165, 1.54) is 95.7 Å². The van der Waals surface area contributed by atoms with Crippen LogP contribution in [0.1, 0.15) is 96.5 Å². The highest BCUT2D eigenvalue weighted by molar-refractivity contribution is 5.14. The molecule has 1 rings (SSSR count). The maximum absolute atomic E-state index is 2.69. The Hall–Kier alpha value is -0.820. The molecule has 0 aliphatic carbocycles. The first-order valence-corrected chi connectivity index (χ1v) is 10.6. The Kier molecular flexibility index (Phi) is 13.9. The minimum absolute atomic E-state index is 1.13. The number of hydrogen-bond acceptors (Lipinski definition) is 1. The van der Waals surface area contributed by atoms with Gasteiger partial charge in [0.1, 0.15) is 0 Å². The molecule has 0 aliphatic rings. The normalized spacial score (nSPS) is 11.3. The van der Waals surface area contributed by atoms with Crippen LogP contribution in [0.3, 0.4) is 0 Å². The van der Waals surface area contributed by atoms with Crippen LogP contribution >= 0.6 is 0 Å². The van der Waals surface area contributed by atoms with E-state index in [9.17, 15) is 0 Å². The highest BCUT2D eigenvalue weighted by atomic mass is 15.1. The summed E-state index contributed by atoms with van der Waals surface area (Å²) in [6.45, 7) is 8.26. The van der Waals surface area contributed by atoms with Gasteiger partial charge in [0.05, 0.1) is 0 Å². The van der Waals surface area contributed by atoms with Crippen molar-refractivity contribution in [3.05, 3.63) is 35.9 Å². The molecule has 138 valence electrons. The zero-order valence-corrected chi connectivity index (χ0v) is 16.4. The third-order valence-electron chi connectivity index (χ3n) is 4.90. The molecular weight excluding hydrogens is 290 g/mol. The first-order valence-electron chi connectivity index (χ1n) is 10.6. The molecule has 0 radical (unpaired) electrons. The fourth-order valence-electron chi connectivity index (χ4n) is 3.34. The summed E-state index contributed by atoms with van der Waals surface area (Å²) in [6.07, 6.45) is 16.7. The minimum Gasteiger partial charge on any atom is -0.299 e. The van der Waals surface area contributed by atoms with Gasteiger partial charge < -0.3 is 0 Å². The van der Waals surface area contributed by atoms with Crippen molar-refractivity contribution in [2.45, 2.75) is 97.4 Å². The Morgan fingerprint density at radius 3 is 1.54 bits per heavy atom. The van der Waals surface area contributed by atoms with Gasteiger partial charge in [-0.25, -0.2) is 0 Å². The van der Waals surface area contributed by atoms with E-state index >= 15 is 0 Å². The molecular formula is C23H41N. The molecule has 1 heteroatoms. The predicted octanol–water partition coefficient (Wildman–Crippen LogP) is 7.21. The van der Waals surface area contributed by atoms with Crippen molar-refractivity contribution in [3.8, 4) is 0 Å². The van der Waals surface area contributed by atoms with Gasteiger partial charge in [-0.15, -0.1) is 0 Å². The summed E-state index contributed by atoms with van der Waals surface area (Å²) in [5, 5.41) is 0. The van der Waals surface area contributed by atoms with Crippen LogP contribution in [0.2, 0.25) is 0 Å². The number of unbranched alkanes of at least 4 members (excludes halogenated alkanes) is 10. The Morgan fingerprint density at radius 2 is 1.04 bits per heavy atom. The van der Waals surface area contributed by atoms with E-state index in [0.29, 0.717) is 0 Å². The Labute approximate surface area is 151 Å². The summed E-state index contributed by atoms with van der Waals surface area (Å²) in [6, 6.07) is 11.0. The standard InChI is InChI=1S/C23H41N/c1-3-5-7-9-11-16-20-24(21-17-12-10-8-6-4-2)22-23-18-14-13-15-19-23/h13-15,18-19H,3-12,16-17,20-22H2,1-2H3. The van der Waals surface area contributed by atoms with E-state index in [4.69, 9.17) is 0 Å². The summed E-state index contributed by atoms with van der Waals surface area (Å²) in [4.78, 5) is 2.69. The van der Waals surface area contributed by atoms with Gasteiger partial charge in [0.25, 0.3) is 0 Å². The second-order valence-corrected chi connectivity index (χ2v) is 7.30. The molecule has 1 aromatic carbocycles.